The molecule has 0 spiro atoms. The van der Waals surface area contributed by atoms with Crippen LogP contribution in [0.2, 0.25) is 0 Å². The minimum atomic E-state index is -0.406. The first-order valence-corrected chi connectivity index (χ1v) is 7.67. The van der Waals surface area contributed by atoms with Crippen molar-refractivity contribution in [3.05, 3.63) is 47.3 Å². The molecule has 1 aliphatic heterocycles. The normalized spacial score (nSPS) is 14.2. The Bertz CT molecular complexity index is 770. The van der Waals surface area contributed by atoms with Gasteiger partial charge in [0.25, 0.3) is 0 Å². The van der Waals surface area contributed by atoms with Crippen LogP contribution in [-0.2, 0) is 4.74 Å². The van der Waals surface area contributed by atoms with E-state index in [1.165, 1.54) is 6.07 Å². The number of amides is 2. The van der Waals surface area contributed by atoms with E-state index < -0.39 is 11.8 Å². The molecule has 0 bridgehead atoms. The van der Waals surface area contributed by atoms with Gasteiger partial charge >= 0.3 is 6.03 Å². The Morgan fingerprint density at radius 1 is 1.38 bits per heavy atom. The number of halogens is 1. The Labute approximate surface area is 138 Å². The van der Waals surface area contributed by atoms with E-state index in [0.29, 0.717) is 36.6 Å². The van der Waals surface area contributed by atoms with Crippen LogP contribution < -0.4 is 10.6 Å². The third kappa shape index (κ3) is 3.62. The number of ether oxygens (including phenoxy) is 1. The quantitative estimate of drug-likeness (QED) is 0.843. The molecule has 0 fully saturated rings. The highest BCUT2D eigenvalue weighted by Crippen LogP contribution is 2.30. The molecule has 7 heteroatoms. The maximum Gasteiger partial charge on any atom is 0.320 e. The number of nitrogens with zero attached hydrogens (tertiary/aromatic N) is 1. The van der Waals surface area contributed by atoms with E-state index in [1.54, 1.807) is 25.1 Å². The van der Waals surface area contributed by atoms with Crippen LogP contribution in [0.3, 0.4) is 0 Å². The highest BCUT2D eigenvalue weighted by Gasteiger charge is 2.18. The molecular formula is C17H18FN3O3. The van der Waals surface area contributed by atoms with Crippen LogP contribution in [0.5, 0.6) is 0 Å². The third-order valence-electron chi connectivity index (χ3n) is 3.73. The van der Waals surface area contributed by atoms with E-state index in [1.807, 2.05) is 0 Å². The maximum absolute atomic E-state index is 13.8. The molecule has 2 heterocycles. The molecule has 24 heavy (non-hydrogen) atoms. The standard InChI is InChI=1S/C17H18FN3O3/c1-11-15(13-6-2-3-7-14(13)18)24-21-16(11)20-17(22)19-9-12-5-4-8-23-10-12/h2-3,5-7H,4,8-10H2,1H3,(H2,19,20,21,22). The van der Waals surface area contributed by atoms with Gasteiger partial charge in [0.15, 0.2) is 11.6 Å². The number of hydrogen-bond acceptors (Lipinski definition) is 4. The Balaban J connectivity index is 1.64. The van der Waals surface area contributed by atoms with Gasteiger partial charge in [-0.1, -0.05) is 23.4 Å². The lowest BCUT2D eigenvalue weighted by Crippen LogP contribution is -2.32. The van der Waals surface area contributed by atoms with E-state index in [-0.39, 0.29) is 5.82 Å². The predicted molar refractivity (Wildman–Crippen MR) is 87.2 cm³/mol. The second kappa shape index (κ2) is 7.27. The molecule has 0 atom stereocenters. The van der Waals surface area contributed by atoms with Crippen molar-refractivity contribution in [2.24, 2.45) is 0 Å². The van der Waals surface area contributed by atoms with E-state index >= 15 is 0 Å². The van der Waals surface area contributed by atoms with Crippen LogP contribution in [0, 0.1) is 12.7 Å². The first kappa shape index (κ1) is 16.2. The fourth-order valence-corrected chi connectivity index (χ4v) is 2.43. The summed E-state index contributed by atoms with van der Waals surface area (Å²) in [6, 6.07) is 5.85. The van der Waals surface area contributed by atoms with Crippen molar-refractivity contribution in [1.29, 1.82) is 0 Å². The van der Waals surface area contributed by atoms with Crippen molar-refractivity contribution in [1.82, 2.24) is 10.5 Å². The molecular weight excluding hydrogens is 313 g/mol. The van der Waals surface area contributed by atoms with Crippen LogP contribution in [-0.4, -0.2) is 30.9 Å². The van der Waals surface area contributed by atoms with Crippen LogP contribution >= 0.6 is 0 Å². The summed E-state index contributed by atoms with van der Waals surface area (Å²) < 4.78 is 24.4. The first-order chi connectivity index (χ1) is 11.6. The SMILES string of the molecule is Cc1c(NC(=O)NCC2=CCCOC2)noc1-c1ccccc1F. The molecule has 0 saturated carbocycles. The van der Waals surface area contributed by atoms with Crippen molar-refractivity contribution in [3.63, 3.8) is 0 Å². The number of benzene rings is 1. The maximum atomic E-state index is 13.8. The summed E-state index contributed by atoms with van der Waals surface area (Å²) in [7, 11) is 0. The molecule has 2 amide bonds. The summed E-state index contributed by atoms with van der Waals surface area (Å²) in [4.78, 5) is 12.0. The Kier molecular flexibility index (Phi) is 4.90. The molecule has 0 saturated heterocycles. The van der Waals surface area contributed by atoms with Crippen LogP contribution in [0.4, 0.5) is 15.0 Å². The molecule has 2 N–H and O–H groups in total. The largest absolute Gasteiger partial charge is 0.377 e. The van der Waals surface area contributed by atoms with Gasteiger partial charge < -0.3 is 14.6 Å². The fourth-order valence-electron chi connectivity index (χ4n) is 2.43. The molecule has 0 aliphatic carbocycles. The highest BCUT2D eigenvalue weighted by molar-refractivity contribution is 5.90. The first-order valence-electron chi connectivity index (χ1n) is 7.67. The van der Waals surface area contributed by atoms with Crippen LogP contribution in [0.25, 0.3) is 11.3 Å². The number of nitrogens with one attached hydrogen (secondary N) is 2. The van der Waals surface area contributed by atoms with Gasteiger partial charge in [-0.15, -0.1) is 0 Å². The second-order valence-corrected chi connectivity index (χ2v) is 5.48. The lowest BCUT2D eigenvalue weighted by Gasteiger charge is -2.14. The van der Waals surface area contributed by atoms with Gasteiger partial charge in [-0.3, -0.25) is 5.32 Å². The molecule has 1 aromatic carbocycles. The number of hydrogen-bond donors (Lipinski definition) is 2. The van der Waals surface area contributed by atoms with Gasteiger partial charge in [-0.2, -0.15) is 0 Å². The molecule has 2 aromatic rings. The van der Waals surface area contributed by atoms with E-state index in [9.17, 15) is 9.18 Å². The topological polar surface area (TPSA) is 76.4 Å². The summed E-state index contributed by atoms with van der Waals surface area (Å²) in [5.74, 6) is 0.156. The van der Waals surface area contributed by atoms with E-state index in [0.717, 1.165) is 12.0 Å². The van der Waals surface area contributed by atoms with Gasteiger partial charge in [0.05, 0.1) is 18.8 Å². The second-order valence-electron chi connectivity index (χ2n) is 5.48. The van der Waals surface area contributed by atoms with E-state index in [4.69, 9.17) is 9.26 Å². The molecule has 1 aromatic heterocycles. The van der Waals surface area contributed by atoms with Crippen LogP contribution in [0.1, 0.15) is 12.0 Å². The predicted octanol–water partition coefficient (Wildman–Crippen LogP) is 3.26. The zero-order valence-corrected chi connectivity index (χ0v) is 13.3. The molecule has 3 rings (SSSR count). The van der Waals surface area contributed by atoms with Gasteiger partial charge in [-0.05, 0) is 31.1 Å². The van der Waals surface area contributed by atoms with E-state index in [2.05, 4.69) is 21.9 Å². The summed E-state index contributed by atoms with van der Waals surface area (Å²) in [5.41, 5.74) is 1.90. The number of carbonyl (C=O) groups is 1. The van der Waals surface area contributed by atoms with Gasteiger partial charge in [0.2, 0.25) is 0 Å². The van der Waals surface area contributed by atoms with Gasteiger partial charge in [-0.25, -0.2) is 9.18 Å². The Hall–Kier alpha value is -2.67. The molecule has 0 unspecified atom stereocenters. The van der Waals surface area contributed by atoms with Crippen LogP contribution in [0.15, 0.2) is 40.4 Å². The number of aromatic nitrogens is 1. The molecule has 1 aliphatic rings. The lowest BCUT2D eigenvalue weighted by atomic mass is 10.1. The highest BCUT2D eigenvalue weighted by atomic mass is 19.1. The number of rotatable bonds is 4. The monoisotopic (exact) mass is 331 g/mol. The van der Waals surface area contributed by atoms with Crippen molar-refractivity contribution in [2.45, 2.75) is 13.3 Å². The number of urea groups is 1. The molecule has 6 nitrogen and oxygen atoms in total. The average molecular weight is 331 g/mol. The zero-order valence-electron chi connectivity index (χ0n) is 13.3. The van der Waals surface area contributed by atoms with Gasteiger partial charge in [0.1, 0.15) is 5.82 Å². The minimum absolute atomic E-state index is 0.264. The summed E-state index contributed by atoms with van der Waals surface area (Å²) in [6.07, 6.45) is 2.91. The van der Waals surface area contributed by atoms with Gasteiger partial charge in [0, 0.05) is 12.1 Å². The van der Waals surface area contributed by atoms with Crippen molar-refractivity contribution in [2.75, 3.05) is 25.1 Å². The molecule has 0 radical (unpaired) electrons. The third-order valence-corrected chi connectivity index (χ3v) is 3.73. The fraction of sp³-hybridized carbons (Fsp3) is 0.294. The Morgan fingerprint density at radius 3 is 2.96 bits per heavy atom. The minimum Gasteiger partial charge on any atom is -0.377 e. The Morgan fingerprint density at radius 2 is 2.21 bits per heavy atom. The number of anilines is 1. The van der Waals surface area contributed by atoms with Crippen molar-refractivity contribution >= 4 is 11.8 Å². The summed E-state index contributed by atoms with van der Waals surface area (Å²) in [6.45, 7) is 3.36. The average Bonchev–Trinajstić information content (AvgIpc) is 2.95. The van der Waals surface area contributed by atoms with Crippen molar-refractivity contribution < 1.29 is 18.4 Å². The van der Waals surface area contributed by atoms with Crippen molar-refractivity contribution in [3.8, 4) is 11.3 Å². The molecule has 126 valence electrons. The summed E-state index contributed by atoms with van der Waals surface area (Å²) in [5, 5.41) is 9.16. The number of carbonyl (C=O) groups excluding carboxylic acids is 1. The summed E-state index contributed by atoms with van der Waals surface area (Å²) >= 11 is 0. The lowest BCUT2D eigenvalue weighted by molar-refractivity contribution is 0.149. The smallest absolute Gasteiger partial charge is 0.320 e. The zero-order chi connectivity index (χ0) is 16.9.